The third-order valence-electron chi connectivity index (χ3n) is 5.54. The van der Waals surface area contributed by atoms with Gasteiger partial charge in [-0.2, -0.15) is 0 Å². The molecule has 2 aliphatic rings. The summed E-state index contributed by atoms with van der Waals surface area (Å²) in [7, 11) is 0. The van der Waals surface area contributed by atoms with Crippen LogP contribution in [-0.2, 0) is 12.8 Å². The fraction of sp³-hybridized carbons (Fsp3) is 0.526. The monoisotopic (exact) mass is 338 g/mol. The highest BCUT2D eigenvalue weighted by Gasteiger charge is 2.27. The van der Waals surface area contributed by atoms with Gasteiger partial charge < -0.3 is 14.6 Å². The lowest BCUT2D eigenvalue weighted by molar-refractivity contribution is -0.655. The second kappa shape index (κ2) is 5.66. The molecule has 1 aliphatic carbocycles. The SMILES string of the molecule is CC(C)c1nc2oc3c(N4CC[NH2+]CC4)ncnc3c2c2c1CCC2. The van der Waals surface area contributed by atoms with Crippen molar-refractivity contribution in [3.63, 3.8) is 0 Å². The maximum Gasteiger partial charge on any atom is 0.229 e. The molecule has 6 heteroatoms. The van der Waals surface area contributed by atoms with Gasteiger partial charge in [0.1, 0.15) is 11.8 Å². The Bertz CT molecular complexity index is 955. The molecule has 0 bridgehead atoms. The van der Waals surface area contributed by atoms with Crippen molar-refractivity contribution in [1.29, 1.82) is 0 Å². The van der Waals surface area contributed by atoms with E-state index < -0.39 is 0 Å². The molecular weight excluding hydrogens is 314 g/mol. The second-order valence-corrected chi connectivity index (χ2v) is 7.47. The van der Waals surface area contributed by atoms with Crippen molar-refractivity contribution in [2.45, 2.75) is 39.0 Å². The molecule has 6 nitrogen and oxygen atoms in total. The van der Waals surface area contributed by atoms with Gasteiger partial charge in [0.05, 0.1) is 37.3 Å². The number of rotatable bonds is 2. The lowest BCUT2D eigenvalue weighted by atomic mass is 9.99. The van der Waals surface area contributed by atoms with Crippen molar-refractivity contribution < 1.29 is 9.73 Å². The van der Waals surface area contributed by atoms with E-state index in [1.165, 1.54) is 23.2 Å². The molecule has 130 valence electrons. The van der Waals surface area contributed by atoms with Gasteiger partial charge in [-0.05, 0) is 36.3 Å². The van der Waals surface area contributed by atoms with Crippen molar-refractivity contribution in [3.05, 3.63) is 23.1 Å². The van der Waals surface area contributed by atoms with Gasteiger partial charge in [0, 0.05) is 0 Å². The molecule has 1 fully saturated rings. The van der Waals surface area contributed by atoms with Gasteiger partial charge in [-0.15, -0.1) is 0 Å². The van der Waals surface area contributed by atoms with Gasteiger partial charge in [-0.25, -0.2) is 15.0 Å². The Morgan fingerprint density at radius 3 is 2.72 bits per heavy atom. The summed E-state index contributed by atoms with van der Waals surface area (Å²) in [6.07, 6.45) is 5.10. The topological polar surface area (TPSA) is 71.7 Å². The first-order valence-electron chi connectivity index (χ1n) is 9.39. The number of hydrogen-bond donors (Lipinski definition) is 1. The lowest BCUT2D eigenvalue weighted by Crippen LogP contribution is -2.89. The molecule has 3 aromatic rings. The molecule has 4 heterocycles. The minimum atomic E-state index is 0.410. The predicted molar refractivity (Wildman–Crippen MR) is 97.1 cm³/mol. The van der Waals surface area contributed by atoms with Crippen molar-refractivity contribution in [1.82, 2.24) is 15.0 Å². The zero-order valence-corrected chi connectivity index (χ0v) is 14.9. The van der Waals surface area contributed by atoms with Crippen LogP contribution in [0.2, 0.25) is 0 Å². The Morgan fingerprint density at radius 2 is 1.92 bits per heavy atom. The third kappa shape index (κ3) is 2.24. The van der Waals surface area contributed by atoms with E-state index in [9.17, 15) is 0 Å². The fourth-order valence-corrected chi connectivity index (χ4v) is 4.38. The number of anilines is 1. The summed E-state index contributed by atoms with van der Waals surface area (Å²) in [5, 5.41) is 3.47. The fourth-order valence-electron chi connectivity index (χ4n) is 4.38. The summed E-state index contributed by atoms with van der Waals surface area (Å²) in [4.78, 5) is 16.4. The Balaban J connectivity index is 1.79. The molecule has 0 unspecified atom stereocenters. The number of hydrogen-bond acceptors (Lipinski definition) is 5. The number of pyridine rings is 1. The summed E-state index contributed by atoms with van der Waals surface area (Å²) in [5.41, 5.74) is 6.52. The largest absolute Gasteiger partial charge is 0.432 e. The van der Waals surface area contributed by atoms with Gasteiger partial charge in [0.2, 0.25) is 5.71 Å². The molecule has 1 saturated heterocycles. The smallest absolute Gasteiger partial charge is 0.229 e. The summed E-state index contributed by atoms with van der Waals surface area (Å²) >= 11 is 0. The minimum Gasteiger partial charge on any atom is -0.432 e. The molecule has 0 radical (unpaired) electrons. The van der Waals surface area contributed by atoms with Gasteiger partial charge in [-0.1, -0.05) is 13.8 Å². The first-order chi connectivity index (χ1) is 12.2. The molecule has 0 atom stereocenters. The van der Waals surface area contributed by atoms with Crippen molar-refractivity contribution in [3.8, 4) is 0 Å². The Hall–Kier alpha value is -2.21. The van der Waals surface area contributed by atoms with Crippen LogP contribution in [0.25, 0.3) is 22.2 Å². The van der Waals surface area contributed by atoms with E-state index in [0.717, 1.165) is 67.0 Å². The normalized spacial score (nSPS) is 17.8. The average Bonchev–Trinajstić information content (AvgIpc) is 3.25. The number of furan rings is 1. The number of quaternary nitrogens is 1. The quantitative estimate of drug-likeness (QED) is 0.771. The van der Waals surface area contributed by atoms with Crippen molar-refractivity contribution in [2.24, 2.45) is 0 Å². The summed E-state index contributed by atoms with van der Waals surface area (Å²) in [6.45, 7) is 8.60. The summed E-state index contributed by atoms with van der Waals surface area (Å²) < 4.78 is 6.26. The lowest BCUT2D eigenvalue weighted by Gasteiger charge is -2.25. The van der Waals surface area contributed by atoms with E-state index in [2.05, 4.69) is 34.0 Å². The molecule has 0 spiro atoms. The second-order valence-electron chi connectivity index (χ2n) is 7.47. The van der Waals surface area contributed by atoms with E-state index in [4.69, 9.17) is 9.40 Å². The van der Waals surface area contributed by atoms with Crippen molar-refractivity contribution in [2.75, 3.05) is 31.1 Å². The number of piperazine rings is 1. The zero-order chi connectivity index (χ0) is 17.0. The van der Waals surface area contributed by atoms with Crippen LogP contribution in [0.3, 0.4) is 0 Å². The van der Waals surface area contributed by atoms with Crippen LogP contribution in [0.1, 0.15) is 43.0 Å². The Morgan fingerprint density at radius 1 is 1.12 bits per heavy atom. The van der Waals surface area contributed by atoms with Crippen LogP contribution in [0.15, 0.2) is 10.7 Å². The summed E-state index contributed by atoms with van der Waals surface area (Å²) in [5.74, 6) is 1.33. The van der Waals surface area contributed by atoms with E-state index >= 15 is 0 Å². The molecule has 0 aromatic carbocycles. The molecule has 3 aromatic heterocycles. The maximum atomic E-state index is 6.26. The van der Waals surface area contributed by atoms with Crippen LogP contribution in [0.4, 0.5) is 5.82 Å². The van der Waals surface area contributed by atoms with Crippen molar-refractivity contribution >= 4 is 28.0 Å². The molecular formula is C19H24N5O+. The zero-order valence-electron chi connectivity index (χ0n) is 14.9. The number of aryl methyl sites for hydroxylation is 1. The molecule has 25 heavy (non-hydrogen) atoms. The van der Waals surface area contributed by atoms with Crippen LogP contribution in [0.5, 0.6) is 0 Å². The van der Waals surface area contributed by atoms with E-state index in [1.54, 1.807) is 6.33 Å². The minimum absolute atomic E-state index is 0.410. The summed E-state index contributed by atoms with van der Waals surface area (Å²) in [6, 6.07) is 0. The average molecular weight is 338 g/mol. The third-order valence-corrected chi connectivity index (χ3v) is 5.54. The van der Waals surface area contributed by atoms with Crippen LogP contribution in [0, 0.1) is 0 Å². The van der Waals surface area contributed by atoms with E-state index in [0.29, 0.717) is 5.92 Å². The van der Waals surface area contributed by atoms with E-state index in [1.807, 2.05) is 0 Å². The number of nitrogens with zero attached hydrogens (tertiary/aromatic N) is 4. The molecule has 2 N–H and O–H groups in total. The maximum absolute atomic E-state index is 6.26. The standard InChI is InChI=1S/C19H23N5O/c1-11(2)15-13-5-3-4-12(13)14-16-17(25-19(14)23-15)18(22-10-21-16)24-8-6-20-7-9-24/h10-11,20H,3-9H2,1-2H3/p+1. The number of nitrogens with two attached hydrogens (primary N) is 1. The molecule has 1 aliphatic heterocycles. The number of aromatic nitrogens is 3. The van der Waals surface area contributed by atoms with Gasteiger partial charge in [0.25, 0.3) is 0 Å². The highest BCUT2D eigenvalue weighted by molar-refractivity contribution is 6.06. The highest BCUT2D eigenvalue weighted by Crippen LogP contribution is 2.40. The van der Waals surface area contributed by atoms with Crippen LogP contribution >= 0.6 is 0 Å². The van der Waals surface area contributed by atoms with Gasteiger partial charge >= 0.3 is 0 Å². The molecule has 0 amide bonds. The van der Waals surface area contributed by atoms with Gasteiger partial charge in [-0.3, -0.25) is 0 Å². The molecule has 5 rings (SSSR count). The highest BCUT2D eigenvalue weighted by atomic mass is 16.3. The van der Waals surface area contributed by atoms with E-state index in [-0.39, 0.29) is 0 Å². The first kappa shape index (κ1) is 15.1. The molecule has 0 saturated carbocycles. The van der Waals surface area contributed by atoms with Crippen LogP contribution in [-0.4, -0.2) is 41.1 Å². The first-order valence-corrected chi connectivity index (χ1v) is 9.39. The Labute approximate surface area is 146 Å². The Kier molecular flexibility index (Phi) is 3.41. The predicted octanol–water partition coefficient (Wildman–Crippen LogP) is 1.77. The van der Waals surface area contributed by atoms with Gasteiger partial charge in [0.15, 0.2) is 11.4 Å². The number of fused-ring (bicyclic) bond motifs is 5. The van der Waals surface area contributed by atoms with Crippen LogP contribution < -0.4 is 10.2 Å².